The van der Waals surface area contributed by atoms with Gasteiger partial charge in [-0.15, -0.1) is 0 Å². The van der Waals surface area contributed by atoms with Crippen molar-refractivity contribution >= 4 is 5.91 Å². The molecule has 1 saturated heterocycles. The van der Waals surface area contributed by atoms with Crippen molar-refractivity contribution in [2.24, 2.45) is 5.92 Å². The number of carbonyl (C=O) groups excluding carboxylic acids is 1. The normalized spacial score (nSPS) is 23.1. The zero-order chi connectivity index (χ0) is 13.7. The van der Waals surface area contributed by atoms with Gasteiger partial charge in [-0.25, -0.2) is 0 Å². The third-order valence-corrected chi connectivity index (χ3v) is 3.93. The lowest BCUT2D eigenvalue weighted by Gasteiger charge is -2.27. The highest BCUT2D eigenvalue weighted by atomic mass is 16.2. The number of benzene rings is 1. The molecule has 0 aliphatic carbocycles. The average Bonchev–Trinajstić information content (AvgIpc) is 2.45. The minimum absolute atomic E-state index is 0.0162. The Morgan fingerprint density at radius 1 is 1.37 bits per heavy atom. The summed E-state index contributed by atoms with van der Waals surface area (Å²) in [6.07, 6.45) is 3.12. The van der Waals surface area contributed by atoms with E-state index < -0.39 is 0 Å². The Hall–Kier alpha value is -1.35. The summed E-state index contributed by atoms with van der Waals surface area (Å²) < 4.78 is 0. The maximum Gasteiger partial charge on any atom is 0.237 e. The zero-order valence-electron chi connectivity index (χ0n) is 11.9. The van der Waals surface area contributed by atoms with Gasteiger partial charge in [-0.1, -0.05) is 38.1 Å². The van der Waals surface area contributed by atoms with Crippen LogP contribution in [0.2, 0.25) is 0 Å². The molecule has 1 amide bonds. The van der Waals surface area contributed by atoms with Gasteiger partial charge < -0.3 is 10.6 Å². The van der Waals surface area contributed by atoms with E-state index in [9.17, 15) is 4.79 Å². The van der Waals surface area contributed by atoms with Crippen molar-refractivity contribution < 1.29 is 4.79 Å². The molecule has 2 unspecified atom stereocenters. The zero-order valence-corrected chi connectivity index (χ0v) is 11.9. The predicted molar refractivity (Wildman–Crippen MR) is 77.9 cm³/mol. The van der Waals surface area contributed by atoms with Crippen molar-refractivity contribution in [2.45, 2.75) is 45.7 Å². The number of hydrogen-bond donors (Lipinski definition) is 2. The first-order chi connectivity index (χ1) is 9.20. The number of carbonyl (C=O) groups is 1. The van der Waals surface area contributed by atoms with Crippen LogP contribution < -0.4 is 10.6 Å². The van der Waals surface area contributed by atoms with Crippen LogP contribution in [0.4, 0.5) is 0 Å². The van der Waals surface area contributed by atoms with E-state index in [0.29, 0.717) is 12.5 Å². The topological polar surface area (TPSA) is 41.1 Å². The monoisotopic (exact) mass is 260 g/mol. The van der Waals surface area contributed by atoms with E-state index in [2.05, 4.69) is 42.7 Å². The van der Waals surface area contributed by atoms with Crippen molar-refractivity contribution in [3.05, 3.63) is 35.4 Å². The largest absolute Gasteiger partial charge is 0.351 e. The molecule has 1 aromatic rings. The van der Waals surface area contributed by atoms with Crippen molar-refractivity contribution in [3.8, 4) is 0 Å². The third-order valence-electron chi connectivity index (χ3n) is 3.93. The first-order valence-corrected chi connectivity index (χ1v) is 7.28. The fourth-order valence-electron chi connectivity index (χ4n) is 2.69. The molecule has 0 spiro atoms. The van der Waals surface area contributed by atoms with Crippen LogP contribution >= 0.6 is 0 Å². The quantitative estimate of drug-likeness (QED) is 0.872. The molecule has 3 nitrogen and oxygen atoms in total. The summed E-state index contributed by atoms with van der Waals surface area (Å²) in [5.74, 6) is 0.775. The standard InChI is InChI=1S/C16H24N2O/c1-3-13-6-4-5-7-14(13)11-18-16(19)15-10-12(2)8-9-17-15/h4-7,12,15,17H,3,8-11H2,1-2H3,(H,18,19). The van der Waals surface area contributed by atoms with E-state index in [1.165, 1.54) is 17.5 Å². The first kappa shape index (κ1) is 14.1. The van der Waals surface area contributed by atoms with Crippen LogP contribution in [-0.4, -0.2) is 18.5 Å². The second-order valence-corrected chi connectivity index (χ2v) is 5.48. The number of nitrogens with one attached hydrogen (secondary N) is 2. The van der Waals surface area contributed by atoms with Gasteiger partial charge in [0.05, 0.1) is 6.04 Å². The fourth-order valence-corrected chi connectivity index (χ4v) is 2.69. The highest BCUT2D eigenvalue weighted by molar-refractivity contribution is 5.81. The van der Waals surface area contributed by atoms with Gasteiger partial charge >= 0.3 is 0 Å². The number of amides is 1. The smallest absolute Gasteiger partial charge is 0.237 e. The molecule has 104 valence electrons. The van der Waals surface area contributed by atoms with Crippen molar-refractivity contribution in [3.63, 3.8) is 0 Å². The number of hydrogen-bond acceptors (Lipinski definition) is 2. The number of rotatable bonds is 4. The molecule has 0 saturated carbocycles. The van der Waals surface area contributed by atoms with Crippen molar-refractivity contribution in [1.82, 2.24) is 10.6 Å². The second kappa shape index (κ2) is 6.71. The Balaban J connectivity index is 1.89. The molecule has 1 heterocycles. The molecule has 1 fully saturated rings. The molecular weight excluding hydrogens is 236 g/mol. The van der Waals surface area contributed by atoms with Crippen molar-refractivity contribution in [2.75, 3.05) is 6.54 Å². The number of aryl methyl sites for hydroxylation is 1. The highest BCUT2D eigenvalue weighted by Gasteiger charge is 2.24. The van der Waals surface area contributed by atoms with Gasteiger partial charge in [-0.05, 0) is 42.9 Å². The Morgan fingerprint density at radius 2 is 2.11 bits per heavy atom. The first-order valence-electron chi connectivity index (χ1n) is 7.28. The lowest BCUT2D eigenvalue weighted by Crippen LogP contribution is -2.48. The maximum absolute atomic E-state index is 12.1. The van der Waals surface area contributed by atoms with Gasteiger partial charge in [-0.3, -0.25) is 4.79 Å². The van der Waals surface area contributed by atoms with Gasteiger partial charge in [0.2, 0.25) is 5.91 Å². The summed E-state index contributed by atoms with van der Waals surface area (Å²) in [4.78, 5) is 12.1. The molecule has 0 bridgehead atoms. The fraction of sp³-hybridized carbons (Fsp3) is 0.562. The molecule has 0 aromatic heterocycles. The molecule has 1 aliphatic heterocycles. The van der Waals surface area contributed by atoms with Crippen LogP contribution in [-0.2, 0) is 17.8 Å². The molecular formula is C16H24N2O. The molecule has 2 N–H and O–H groups in total. The highest BCUT2D eigenvalue weighted by Crippen LogP contribution is 2.15. The minimum Gasteiger partial charge on any atom is -0.351 e. The lowest BCUT2D eigenvalue weighted by atomic mass is 9.94. The Kier molecular flexibility index (Phi) is 4.97. The van der Waals surface area contributed by atoms with Crippen LogP contribution in [0.3, 0.4) is 0 Å². The Labute approximate surface area is 115 Å². The summed E-state index contributed by atoms with van der Waals surface area (Å²) in [5.41, 5.74) is 2.54. The molecule has 2 atom stereocenters. The van der Waals surface area contributed by atoms with Gasteiger partial charge in [0.15, 0.2) is 0 Å². The molecule has 1 aromatic carbocycles. The predicted octanol–water partition coefficient (Wildman–Crippen LogP) is 2.25. The average molecular weight is 260 g/mol. The van der Waals surface area contributed by atoms with Crippen LogP contribution in [0.1, 0.15) is 37.8 Å². The lowest BCUT2D eigenvalue weighted by molar-refractivity contribution is -0.124. The summed E-state index contributed by atoms with van der Waals surface area (Å²) in [6, 6.07) is 8.28. The Morgan fingerprint density at radius 3 is 2.79 bits per heavy atom. The van der Waals surface area contributed by atoms with E-state index in [4.69, 9.17) is 0 Å². The van der Waals surface area contributed by atoms with E-state index in [-0.39, 0.29) is 11.9 Å². The van der Waals surface area contributed by atoms with Crippen LogP contribution in [0.25, 0.3) is 0 Å². The number of piperidine rings is 1. The van der Waals surface area contributed by atoms with Crippen molar-refractivity contribution in [1.29, 1.82) is 0 Å². The van der Waals surface area contributed by atoms with E-state index in [1.807, 2.05) is 6.07 Å². The molecule has 19 heavy (non-hydrogen) atoms. The van der Waals surface area contributed by atoms with Crippen LogP contribution in [0.5, 0.6) is 0 Å². The van der Waals surface area contributed by atoms with Gasteiger partial charge in [0.25, 0.3) is 0 Å². The third kappa shape index (κ3) is 3.80. The summed E-state index contributed by atoms with van der Waals surface area (Å²) in [7, 11) is 0. The maximum atomic E-state index is 12.1. The molecule has 2 rings (SSSR count). The van der Waals surface area contributed by atoms with Gasteiger partial charge in [0.1, 0.15) is 0 Å². The van der Waals surface area contributed by atoms with Gasteiger partial charge in [0, 0.05) is 6.54 Å². The molecule has 1 aliphatic rings. The summed E-state index contributed by atoms with van der Waals surface area (Å²) in [5, 5.41) is 6.36. The summed E-state index contributed by atoms with van der Waals surface area (Å²) in [6.45, 7) is 5.94. The van der Waals surface area contributed by atoms with Crippen LogP contribution in [0, 0.1) is 5.92 Å². The van der Waals surface area contributed by atoms with Crippen LogP contribution in [0.15, 0.2) is 24.3 Å². The minimum atomic E-state index is -0.0162. The molecule has 3 heteroatoms. The second-order valence-electron chi connectivity index (χ2n) is 5.48. The SMILES string of the molecule is CCc1ccccc1CNC(=O)C1CC(C)CCN1. The van der Waals surface area contributed by atoms with E-state index in [1.54, 1.807) is 0 Å². The van der Waals surface area contributed by atoms with E-state index in [0.717, 1.165) is 19.4 Å². The Bertz CT molecular complexity index is 431. The summed E-state index contributed by atoms with van der Waals surface area (Å²) >= 11 is 0. The van der Waals surface area contributed by atoms with Gasteiger partial charge in [-0.2, -0.15) is 0 Å². The van der Waals surface area contributed by atoms with E-state index >= 15 is 0 Å². The molecule has 0 radical (unpaired) electrons.